The Morgan fingerprint density at radius 3 is 2.58 bits per heavy atom. The predicted molar refractivity (Wildman–Crippen MR) is 128 cm³/mol. The zero-order valence-electron chi connectivity index (χ0n) is 20.3. The molecule has 188 valence electrons. The molecule has 9 nitrogen and oxygen atoms in total. The van der Waals surface area contributed by atoms with Crippen LogP contribution in [-0.2, 0) is 29.2 Å². The number of carbonyl (C=O) groups is 3. The van der Waals surface area contributed by atoms with Crippen LogP contribution in [0.3, 0.4) is 0 Å². The normalized spacial score (nSPS) is 16.9. The highest BCUT2D eigenvalue weighted by Gasteiger charge is 2.48. The highest BCUT2D eigenvalue weighted by molar-refractivity contribution is 6.01. The van der Waals surface area contributed by atoms with Crippen LogP contribution in [0.25, 0.3) is 0 Å². The van der Waals surface area contributed by atoms with Crippen LogP contribution >= 0.6 is 0 Å². The molecule has 3 aromatic rings. The van der Waals surface area contributed by atoms with E-state index in [0.29, 0.717) is 11.3 Å². The number of fused-ring (bicyclic) bond motifs is 1. The first-order valence-corrected chi connectivity index (χ1v) is 11.5. The van der Waals surface area contributed by atoms with E-state index in [0.717, 1.165) is 5.56 Å². The second-order valence-electron chi connectivity index (χ2n) is 8.62. The number of benzene rings is 2. The molecule has 0 saturated heterocycles. The topological polar surface area (TPSA) is 103 Å². The fraction of sp³-hybridized carbons (Fsp3) is 0.308. The zero-order chi connectivity index (χ0) is 25.9. The van der Waals surface area contributed by atoms with Crippen molar-refractivity contribution in [3.8, 4) is 5.75 Å². The number of hydrogen-bond donors (Lipinski definition) is 1. The minimum Gasteiger partial charge on any atom is -0.497 e. The molecule has 0 saturated carbocycles. The molecular formula is C26H27FN4O5. The van der Waals surface area contributed by atoms with Crippen LogP contribution in [0.1, 0.15) is 46.0 Å². The largest absolute Gasteiger partial charge is 0.497 e. The molecule has 0 bridgehead atoms. The predicted octanol–water partition coefficient (Wildman–Crippen LogP) is 2.94. The van der Waals surface area contributed by atoms with Gasteiger partial charge in [-0.25, -0.2) is 9.18 Å². The van der Waals surface area contributed by atoms with Crippen molar-refractivity contribution in [3.63, 3.8) is 0 Å². The number of methoxy groups -OCH3 is 1. The van der Waals surface area contributed by atoms with Gasteiger partial charge in [0.15, 0.2) is 5.69 Å². The maximum absolute atomic E-state index is 13.7. The van der Waals surface area contributed by atoms with E-state index in [-0.39, 0.29) is 43.4 Å². The van der Waals surface area contributed by atoms with Crippen molar-refractivity contribution in [2.75, 3.05) is 13.7 Å². The Balaban J connectivity index is 1.67. The standard InChI is InChI=1S/C26H27FN4O5/c1-4-36-24(33)21-13-22-23(32)30(15-18-6-5-7-20(12-18)35-3)26(2,16-31(22)29-21)25(34)28-14-17-8-10-19(27)11-9-17/h5-13H,4,14-16H2,1-3H3,(H,28,34)/t26-/m0/s1. The Bertz CT molecular complexity index is 1290. The van der Waals surface area contributed by atoms with E-state index in [1.807, 2.05) is 6.07 Å². The van der Waals surface area contributed by atoms with Gasteiger partial charge in [0, 0.05) is 19.2 Å². The highest BCUT2D eigenvalue weighted by atomic mass is 19.1. The van der Waals surface area contributed by atoms with E-state index in [4.69, 9.17) is 9.47 Å². The molecule has 0 fully saturated rings. The molecule has 0 unspecified atom stereocenters. The lowest BCUT2D eigenvalue weighted by molar-refractivity contribution is -0.133. The fourth-order valence-corrected chi connectivity index (χ4v) is 4.12. The summed E-state index contributed by atoms with van der Waals surface area (Å²) in [6.45, 7) is 3.79. The van der Waals surface area contributed by atoms with Gasteiger partial charge in [0.25, 0.3) is 5.91 Å². The first-order valence-electron chi connectivity index (χ1n) is 11.5. The first kappa shape index (κ1) is 24.9. The second kappa shape index (κ2) is 10.2. The number of halogens is 1. The Labute approximate surface area is 207 Å². The molecule has 1 N–H and O–H groups in total. The number of esters is 1. The van der Waals surface area contributed by atoms with Crippen LogP contribution in [0.5, 0.6) is 5.75 Å². The van der Waals surface area contributed by atoms with E-state index in [9.17, 15) is 18.8 Å². The Morgan fingerprint density at radius 2 is 1.89 bits per heavy atom. The minimum atomic E-state index is -1.34. The average molecular weight is 495 g/mol. The number of ether oxygens (including phenoxy) is 2. The van der Waals surface area contributed by atoms with Crippen LogP contribution in [0, 0.1) is 5.82 Å². The number of carbonyl (C=O) groups excluding carboxylic acids is 3. The Morgan fingerprint density at radius 1 is 1.14 bits per heavy atom. The molecule has 10 heteroatoms. The molecule has 1 aromatic heterocycles. The van der Waals surface area contributed by atoms with Gasteiger partial charge in [-0.15, -0.1) is 0 Å². The molecule has 4 rings (SSSR count). The summed E-state index contributed by atoms with van der Waals surface area (Å²) in [5.74, 6) is -1.26. The summed E-state index contributed by atoms with van der Waals surface area (Å²) in [5.41, 5.74) is 0.311. The van der Waals surface area contributed by atoms with Gasteiger partial charge >= 0.3 is 5.97 Å². The second-order valence-corrected chi connectivity index (χ2v) is 8.62. The minimum absolute atomic E-state index is 0.00231. The smallest absolute Gasteiger partial charge is 0.358 e. The molecule has 1 atom stereocenters. The van der Waals surface area contributed by atoms with Gasteiger partial charge in [0.2, 0.25) is 5.91 Å². The van der Waals surface area contributed by atoms with Gasteiger partial charge in [0.05, 0.1) is 20.3 Å². The van der Waals surface area contributed by atoms with Gasteiger partial charge < -0.3 is 19.7 Å². The van der Waals surface area contributed by atoms with Crippen LogP contribution in [0.15, 0.2) is 54.6 Å². The Hall–Kier alpha value is -4.21. The van der Waals surface area contributed by atoms with Crippen LogP contribution in [0.2, 0.25) is 0 Å². The molecule has 0 spiro atoms. The van der Waals surface area contributed by atoms with Gasteiger partial charge in [0.1, 0.15) is 22.8 Å². The number of amides is 2. The highest BCUT2D eigenvalue weighted by Crippen LogP contribution is 2.30. The molecule has 2 heterocycles. The van der Waals surface area contributed by atoms with Crippen molar-refractivity contribution in [1.82, 2.24) is 20.0 Å². The molecule has 2 aromatic carbocycles. The van der Waals surface area contributed by atoms with Crippen molar-refractivity contribution in [3.05, 3.63) is 82.9 Å². The number of aromatic nitrogens is 2. The van der Waals surface area contributed by atoms with Crippen molar-refractivity contribution >= 4 is 17.8 Å². The Kier molecular flexibility index (Phi) is 7.05. The van der Waals surface area contributed by atoms with E-state index >= 15 is 0 Å². The molecule has 0 aliphatic carbocycles. The van der Waals surface area contributed by atoms with E-state index in [1.54, 1.807) is 51.3 Å². The van der Waals surface area contributed by atoms with Gasteiger partial charge in [-0.3, -0.25) is 14.3 Å². The van der Waals surface area contributed by atoms with Gasteiger partial charge in [-0.1, -0.05) is 24.3 Å². The molecule has 36 heavy (non-hydrogen) atoms. The maximum Gasteiger partial charge on any atom is 0.358 e. The summed E-state index contributed by atoms with van der Waals surface area (Å²) in [7, 11) is 1.55. The summed E-state index contributed by atoms with van der Waals surface area (Å²) in [6, 6.07) is 14.4. The van der Waals surface area contributed by atoms with E-state index in [2.05, 4.69) is 10.4 Å². The third-order valence-corrected chi connectivity index (χ3v) is 6.11. The summed E-state index contributed by atoms with van der Waals surface area (Å²) >= 11 is 0. The quantitative estimate of drug-likeness (QED) is 0.483. The summed E-state index contributed by atoms with van der Waals surface area (Å²) in [6.07, 6.45) is 0. The average Bonchev–Trinajstić information content (AvgIpc) is 3.30. The van der Waals surface area contributed by atoms with Crippen molar-refractivity contribution in [2.45, 2.75) is 39.0 Å². The lowest BCUT2D eigenvalue weighted by Crippen LogP contribution is -2.63. The number of rotatable bonds is 8. The maximum atomic E-state index is 13.7. The van der Waals surface area contributed by atoms with Crippen molar-refractivity contribution in [2.24, 2.45) is 0 Å². The zero-order valence-corrected chi connectivity index (χ0v) is 20.3. The lowest BCUT2D eigenvalue weighted by Gasteiger charge is -2.43. The van der Waals surface area contributed by atoms with Gasteiger partial charge in [-0.2, -0.15) is 5.10 Å². The SMILES string of the molecule is CCOC(=O)c1cc2n(n1)C[C@@](C)(C(=O)NCc1ccc(F)cc1)N(Cc1cccc(OC)c1)C2=O. The molecule has 0 radical (unpaired) electrons. The summed E-state index contributed by atoms with van der Waals surface area (Å²) in [5, 5.41) is 7.10. The van der Waals surface area contributed by atoms with E-state index < -0.39 is 23.3 Å². The number of nitrogens with one attached hydrogen (secondary N) is 1. The third kappa shape index (κ3) is 4.93. The molecule has 1 aliphatic rings. The number of nitrogens with zero attached hydrogens (tertiary/aromatic N) is 3. The van der Waals surface area contributed by atoms with E-state index in [1.165, 1.54) is 27.8 Å². The monoisotopic (exact) mass is 494 g/mol. The molecular weight excluding hydrogens is 467 g/mol. The summed E-state index contributed by atoms with van der Waals surface area (Å²) < 4.78 is 25.0. The lowest BCUT2D eigenvalue weighted by atomic mass is 9.94. The van der Waals surface area contributed by atoms with Crippen LogP contribution in [-0.4, -0.2) is 51.7 Å². The molecule has 2 amide bonds. The third-order valence-electron chi connectivity index (χ3n) is 6.11. The van der Waals surface area contributed by atoms with Crippen molar-refractivity contribution < 1.29 is 28.2 Å². The van der Waals surface area contributed by atoms with Crippen LogP contribution in [0.4, 0.5) is 4.39 Å². The number of hydrogen-bond acceptors (Lipinski definition) is 6. The van der Waals surface area contributed by atoms with Crippen molar-refractivity contribution in [1.29, 1.82) is 0 Å². The summed E-state index contributed by atoms with van der Waals surface area (Å²) in [4.78, 5) is 40.9. The first-order chi connectivity index (χ1) is 17.2. The van der Waals surface area contributed by atoms with Crippen LogP contribution < -0.4 is 10.1 Å². The van der Waals surface area contributed by atoms with Gasteiger partial charge in [-0.05, 0) is 49.2 Å². The fourth-order valence-electron chi connectivity index (χ4n) is 4.12. The molecule has 1 aliphatic heterocycles.